The molecule has 4 aromatic carbocycles. The number of rotatable bonds is 7. The Bertz CT molecular complexity index is 1810. The summed E-state index contributed by atoms with van der Waals surface area (Å²) in [5.41, 5.74) is 7.24. The number of anilines is 1. The van der Waals surface area contributed by atoms with Crippen molar-refractivity contribution in [1.29, 1.82) is 5.26 Å². The summed E-state index contributed by atoms with van der Waals surface area (Å²) in [7, 11) is 2.05. The van der Waals surface area contributed by atoms with Gasteiger partial charge in [-0.3, -0.25) is 9.69 Å². The summed E-state index contributed by atoms with van der Waals surface area (Å²) < 4.78 is 0. The molecule has 0 saturated carbocycles. The van der Waals surface area contributed by atoms with Crippen LogP contribution in [-0.4, -0.2) is 40.2 Å². The van der Waals surface area contributed by atoms with Crippen molar-refractivity contribution in [2.45, 2.75) is 13.5 Å². The minimum atomic E-state index is -0.0722. The Morgan fingerprint density at radius 1 is 0.886 bits per heavy atom. The number of benzene rings is 4. The smallest absolute Gasteiger partial charge is 0.268 e. The fraction of sp³-hybridized carbons (Fsp3) is 0.139. The third kappa shape index (κ3) is 6.02. The van der Waals surface area contributed by atoms with Gasteiger partial charge in [0.2, 0.25) is 0 Å². The number of amidine groups is 1. The number of carbonyl (C=O) groups is 1. The fourth-order valence-electron chi connectivity index (χ4n) is 5.25. The van der Waals surface area contributed by atoms with E-state index < -0.39 is 0 Å². The van der Waals surface area contributed by atoms with Crippen molar-refractivity contribution in [1.82, 2.24) is 9.80 Å². The molecule has 6 nitrogen and oxygen atoms in total. The fourth-order valence-corrected chi connectivity index (χ4v) is 7.76. The Balaban J connectivity index is 1.47. The first-order valence-electron chi connectivity index (χ1n) is 14.4. The third-order valence-corrected chi connectivity index (χ3v) is 9.66. The molecule has 0 radical (unpaired) electrons. The van der Waals surface area contributed by atoms with Crippen molar-refractivity contribution in [2.75, 3.05) is 24.7 Å². The van der Waals surface area contributed by atoms with Gasteiger partial charge in [0.15, 0.2) is 5.17 Å². The third-order valence-electron chi connectivity index (χ3n) is 7.41. The van der Waals surface area contributed by atoms with Crippen LogP contribution in [0.3, 0.4) is 0 Å². The van der Waals surface area contributed by atoms with Crippen LogP contribution in [0.1, 0.15) is 29.2 Å². The molecule has 0 aliphatic carbocycles. The molecule has 2 heterocycles. The van der Waals surface area contributed by atoms with Gasteiger partial charge < -0.3 is 10.2 Å². The average molecular weight is 614 g/mol. The Morgan fingerprint density at radius 2 is 1.55 bits per heavy atom. The first-order valence-corrected chi connectivity index (χ1v) is 16.2. The van der Waals surface area contributed by atoms with Gasteiger partial charge in [0.1, 0.15) is 4.91 Å². The van der Waals surface area contributed by atoms with E-state index in [-0.39, 0.29) is 5.91 Å². The number of aliphatic imine (C=N–C) groups is 1. The summed E-state index contributed by atoms with van der Waals surface area (Å²) in [6.45, 7) is 3.12. The Labute approximate surface area is 266 Å². The predicted octanol–water partition coefficient (Wildman–Crippen LogP) is 8.17. The largest absolute Gasteiger partial charge is 0.384 e. The van der Waals surface area contributed by atoms with E-state index in [1.165, 1.54) is 16.7 Å². The number of amides is 1. The van der Waals surface area contributed by atoms with Gasteiger partial charge in [-0.25, -0.2) is 4.99 Å². The van der Waals surface area contributed by atoms with E-state index in [1.54, 1.807) is 28.8 Å². The lowest BCUT2D eigenvalue weighted by atomic mass is 10.1. The minimum absolute atomic E-state index is 0.0722. The van der Waals surface area contributed by atoms with Crippen LogP contribution in [0.4, 0.5) is 11.4 Å². The van der Waals surface area contributed by atoms with Crippen LogP contribution in [0.5, 0.6) is 0 Å². The van der Waals surface area contributed by atoms with Gasteiger partial charge >= 0.3 is 0 Å². The first kappa shape index (κ1) is 29.4. The second-order valence-electron chi connectivity index (χ2n) is 10.3. The van der Waals surface area contributed by atoms with E-state index in [2.05, 4.69) is 59.7 Å². The molecular weight excluding hydrogens is 583 g/mol. The zero-order chi connectivity index (χ0) is 30.5. The number of thioether (sulfide) groups is 2. The van der Waals surface area contributed by atoms with Gasteiger partial charge in [-0.05, 0) is 53.6 Å². The SMILES string of the molecule is CCNc1ccc(C#N)cc1N=C1S/C(=C2\CSC(c3ccccc3)=C(c3ccccc3)N2C)C(=O)N1Cc1ccccc1. The number of nitrogens with zero attached hydrogens (tertiary/aromatic N) is 4. The molecule has 1 N–H and O–H groups in total. The monoisotopic (exact) mass is 613 g/mol. The van der Waals surface area contributed by atoms with Crippen LogP contribution >= 0.6 is 23.5 Å². The summed E-state index contributed by atoms with van der Waals surface area (Å²) in [6, 6.07) is 38.4. The molecule has 1 amide bonds. The van der Waals surface area contributed by atoms with Crippen molar-refractivity contribution in [3.8, 4) is 6.07 Å². The van der Waals surface area contributed by atoms with Crippen molar-refractivity contribution >= 4 is 56.6 Å². The second-order valence-corrected chi connectivity index (χ2v) is 12.2. The molecule has 8 heteroatoms. The molecule has 6 rings (SSSR count). The van der Waals surface area contributed by atoms with E-state index in [4.69, 9.17) is 4.99 Å². The lowest BCUT2D eigenvalue weighted by molar-refractivity contribution is -0.122. The molecule has 1 fully saturated rings. The highest BCUT2D eigenvalue weighted by atomic mass is 32.2. The first-order chi connectivity index (χ1) is 21.6. The second kappa shape index (κ2) is 13.3. The highest BCUT2D eigenvalue weighted by molar-refractivity contribution is 8.18. The molecule has 218 valence electrons. The molecule has 2 aliphatic rings. The molecule has 4 aromatic rings. The molecule has 2 aliphatic heterocycles. The van der Waals surface area contributed by atoms with Crippen molar-refractivity contribution in [3.05, 3.63) is 142 Å². The Morgan fingerprint density at radius 3 is 2.20 bits per heavy atom. The minimum Gasteiger partial charge on any atom is -0.384 e. The highest BCUT2D eigenvalue weighted by Gasteiger charge is 2.39. The quantitative estimate of drug-likeness (QED) is 0.212. The van der Waals surface area contributed by atoms with Crippen LogP contribution in [0.2, 0.25) is 0 Å². The summed E-state index contributed by atoms with van der Waals surface area (Å²) >= 11 is 3.16. The van der Waals surface area contributed by atoms with Crippen LogP contribution in [0.25, 0.3) is 10.6 Å². The van der Waals surface area contributed by atoms with Gasteiger partial charge in [0.05, 0.1) is 35.2 Å². The lowest BCUT2D eigenvalue weighted by Gasteiger charge is -2.33. The standard InChI is InChI=1S/C36H31N5OS2/c1-3-38-29-20-19-26(22-37)21-30(29)39-36-41(23-25-13-7-4-8-14-25)35(42)34(44-36)31-24-43-33(28-17-11-6-12-18-28)32(40(31)2)27-15-9-5-10-16-27/h4-21,38H,3,23-24H2,1-2H3/b34-31+,39-36?. The number of hydrogen-bond acceptors (Lipinski definition) is 7. The van der Waals surface area contributed by atoms with Crippen molar-refractivity contribution in [2.24, 2.45) is 4.99 Å². The maximum absolute atomic E-state index is 14.3. The van der Waals surface area contributed by atoms with Crippen LogP contribution in [-0.2, 0) is 11.3 Å². The predicted molar refractivity (Wildman–Crippen MR) is 184 cm³/mol. The Hall–Kier alpha value is -4.71. The van der Waals surface area contributed by atoms with Gasteiger partial charge in [-0.2, -0.15) is 5.26 Å². The van der Waals surface area contributed by atoms with E-state index in [0.29, 0.717) is 40.2 Å². The number of nitriles is 1. The van der Waals surface area contributed by atoms with Gasteiger partial charge in [0.25, 0.3) is 5.91 Å². The summed E-state index contributed by atoms with van der Waals surface area (Å²) in [5.74, 6) is 0.571. The molecule has 0 bridgehead atoms. The van der Waals surface area contributed by atoms with Crippen LogP contribution < -0.4 is 5.32 Å². The molecular formula is C36H31N5OS2. The molecule has 0 atom stereocenters. The topological polar surface area (TPSA) is 71.7 Å². The summed E-state index contributed by atoms with van der Waals surface area (Å²) in [6.07, 6.45) is 0. The number of carbonyl (C=O) groups excluding carboxylic acids is 1. The molecule has 0 unspecified atom stereocenters. The maximum Gasteiger partial charge on any atom is 0.268 e. The van der Waals surface area contributed by atoms with E-state index in [0.717, 1.165) is 33.8 Å². The average Bonchev–Trinajstić information content (AvgIpc) is 3.36. The summed E-state index contributed by atoms with van der Waals surface area (Å²) in [4.78, 5) is 25.1. The summed E-state index contributed by atoms with van der Waals surface area (Å²) in [5, 5.41) is 13.5. The van der Waals surface area contributed by atoms with Gasteiger partial charge in [0, 0.05) is 29.9 Å². The number of hydrogen-bond donors (Lipinski definition) is 1. The van der Waals surface area contributed by atoms with Crippen molar-refractivity contribution < 1.29 is 4.79 Å². The van der Waals surface area contributed by atoms with Gasteiger partial charge in [-0.15, -0.1) is 11.8 Å². The number of nitrogens with one attached hydrogen (secondary N) is 1. The Kier molecular flexibility index (Phi) is 8.87. The maximum atomic E-state index is 14.3. The normalized spacial score (nSPS) is 17.8. The lowest BCUT2D eigenvalue weighted by Crippen LogP contribution is -2.30. The highest BCUT2D eigenvalue weighted by Crippen LogP contribution is 2.47. The van der Waals surface area contributed by atoms with E-state index in [9.17, 15) is 10.1 Å². The van der Waals surface area contributed by atoms with E-state index in [1.807, 2.05) is 67.6 Å². The zero-order valence-corrected chi connectivity index (χ0v) is 26.2. The molecule has 0 spiro atoms. The molecule has 44 heavy (non-hydrogen) atoms. The molecule has 1 saturated heterocycles. The van der Waals surface area contributed by atoms with Crippen molar-refractivity contribution in [3.63, 3.8) is 0 Å². The van der Waals surface area contributed by atoms with E-state index >= 15 is 0 Å². The van der Waals surface area contributed by atoms with Crippen LogP contribution in [0.15, 0.2) is 125 Å². The molecule has 0 aromatic heterocycles. The van der Waals surface area contributed by atoms with Gasteiger partial charge in [-0.1, -0.05) is 91.0 Å². The van der Waals surface area contributed by atoms with Crippen LogP contribution in [0, 0.1) is 11.3 Å². The zero-order valence-electron chi connectivity index (χ0n) is 24.5.